The lowest BCUT2D eigenvalue weighted by molar-refractivity contribution is 0.0689. The summed E-state index contributed by atoms with van der Waals surface area (Å²) < 4.78 is 24.9. The van der Waals surface area contributed by atoms with Gasteiger partial charge in [-0.1, -0.05) is 0 Å². The van der Waals surface area contributed by atoms with E-state index in [9.17, 15) is 13.6 Å². The number of hydrogen-bond acceptors (Lipinski definition) is 2. The molecule has 0 radical (unpaired) electrons. The minimum absolute atomic E-state index is 0.0370. The summed E-state index contributed by atoms with van der Waals surface area (Å²) >= 11 is 1.61. The van der Waals surface area contributed by atoms with Gasteiger partial charge in [0.05, 0.1) is 5.56 Å². The smallest absolute Gasteiger partial charge is 0.354 e. The monoisotopic (exact) mass is 313 g/mol. The number of rotatable bonds is 2. The van der Waals surface area contributed by atoms with Crippen LogP contribution >= 0.6 is 22.6 Å². The van der Waals surface area contributed by atoms with Crippen molar-refractivity contribution in [3.63, 3.8) is 0 Å². The standard InChI is InChI=1S/C8H6F2INO2/c1-3-2-4(8(13)14)12-7(11)5(3)6(9)10/h2,6H,1H3,(H,13,14). The van der Waals surface area contributed by atoms with Gasteiger partial charge in [0, 0.05) is 0 Å². The van der Waals surface area contributed by atoms with Gasteiger partial charge in [-0.05, 0) is 41.1 Å². The van der Waals surface area contributed by atoms with Crippen molar-refractivity contribution in [1.82, 2.24) is 4.98 Å². The van der Waals surface area contributed by atoms with Crippen molar-refractivity contribution < 1.29 is 18.7 Å². The Morgan fingerprint density at radius 1 is 1.64 bits per heavy atom. The van der Waals surface area contributed by atoms with E-state index in [4.69, 9.17) is 5.11 Å². The fourth-order valence-corrected chi connectivity index (χ4v) is 1.94. The Morgan fingerprint density at radius 3 is 2.57 bits per heavy atom. The molecular weight excluding hydrogens is 307 g/mol. The Hall–Kier alpha value is -0.790. The Bertz CT molecular complexity index is 359. The number of carboxylic acid groups (broad SMARTS) is 1. The summed E-state index contributed by atoms with van der Waals surface area (Å²) in [7, 11) is 0. The van der Waals surface area contributed by atoms with Gasteiger partial charge in [0.15, 0.2) is 0 Å². The van der Waals surface area contributed by atoms with Crippen LogP contribution in [0, 0.1) is 10.6 Å². The van der Waals surface area contributed by atoms with Crippen LogP contribution < -0.4 is 0 Å². The largest absolute Gasteiger partial charge is 0.477 e. The molecule has 3 nitrogen and oxygen atoms in total. The molecule has 1 N–H and O–H groups in total. The lowest BCUT2D eigenvalue weighted by Crippen LogP contribution is -2.06. The minimum Gasteiger partial charge on any atom is -0.477 e. The highest BCUT2D eigenvalue weighted by molar-refractivity contribution is 14.1. The Balaban J connectivity index is 3.32. The van der Waals surface area contributed by atoms with E-state index in [1.54, 1.807) is 22.6 Å². The third-order valence-corrected chi connectivity index (χ3v) is 2.48. The fraction of sp³-hybridized carbons (Fsp3) is 0.250. The van der Waals surface area contributed by atoms with Crippen molar-refractivity contribution in [2.45, 2.75) is 13.3 Å². The zero-order chi connectivity index (χ0) is 10.9. The van der Waals surface area contributed by atoms with Gasteiger partial charge >= 0.3 is 5.97 Å². The first-order valence-electron chi connectivity index (χ1n) is 3.62. The Labute approximate surface area is 92.3 Å². The summed E-state index contributed by atoms with van der Waals surface area (Å²) in [6.07, 6.45) is -2.63. The second-order valence-electron chi connectivity index (χ2n) is 2.63. The first-order chi connectivity index (χ1) is 6.43. The van der Waals surface area contributed by atoms with E-state index in [0.717, 1.165) is 6.07 Å². The molecule has 76 valence electrons. The van der Waals surface area contributed by atoms with Crippen LogP contribution in [0.4, 0.5) is 8.78 Å². The van der Waals surface area contributed by atoms with Gasteiger partial charge in [-0.15, -0.1) is 0 Å². The average molecular weight is 313 g/mol. The maximum atomic E-state index is 12.4. The topological polar surface area (TPSA) is 50.2 Å². The molecule has 0 spiro atoms. The molecule has 0 saturated heterocycles. The van der Waals surface area contributed by atoms with Crippen LogP contribution in [-0.2, 0) is 0 Å². The van der Waals surface area contributed by atoms with Crippen molar-refractivity contribution in [1.29, 1.82) is 0 Å². The number of nitrogens with zero attached hydrogens (tertiary/aromatic N) is 1. The lowest BCUT2D eigenvalue weighted by atomic mass is 10.1. The van der Waals surface area contributed by atoms with E-state index in [0.29, 0.717) is 0 Å². The van der Waals surface area contributed by atoms with Crippen molar-refractivity contribution in [2.75, 3.05) is 0 Å². The predicted octanol–water partition coefficient (Wildman–Crippen LogP) is 2.63. The highest BCUT2D eigenvalue weighted by Crippen LogP contribution is 2.26. The molecule has 0 aliphatic carbocycles. The molecule has 0 unspecified atom stereocenters. The van der Waals surface area contributed by atoms with Crippen molar-refractivity contribution in [3.8, 4) is 0 Å². The maximum absolute atomic E-state index is 12.4. The predicted molar refractivity (Wildman–Crippen MR) is 53.6 cm³/mol. The summed E-state index contributed by atoms with van der Waals surface area (Å²) in [5, 5.41) is 8.61. The van der Waals surface area contributed by atoms with Gasteiger partial charge in [-0.2, -0.15) is 0 Å². The number of pyridine rings is 1. The third-order valence-electron chi connectivity index (χ3n) is 1.66. The summed E-state index contributed by atoms with van der Waals surface area (Å²) in [5.74, 6) is -1.22. The van der Waals surface area contributed by atoms with E-state index in [2.05, 4.69) is 4.98 Å². The first-order valence-corrected chi connectivity index (χ1v) is 4.70. The molecule has 1 aromatic heterocycles. The van der Waals surface area contributed by atoms with E-state index in [1.165, 1.54) is 6.92 Å². The minimum atomic E-state index is -2.63. The second-order valence-corrected chi connectivity index (χ2v) is 3.66. The highest BCUT2D eigenvalue weighted by atomic mass is 127. The molecule has 0 atom stereocenters. The molecule has 6 heteroatoms. The van der Waals surface area contributed by atoms with Crippen LogP contribution in [0.3, 0.4) is 0 Å². The molecule has 0 aromatic carbocycles. The zero-order valence-electron chi connectivity index (χ0n) is 7.09. The summed E-state index contributed by atoms with van der Waals surface area (Å²) in [5.41, 5.74) is -0.163. The van der Waals surface area contributed by atoms with Gasteiger partial charge in [-0.3, -0.25) is 0 Å². The second kappa shape index (κ2) is 4.16. The number of alkyl halides is 2. The summed E-state index contributed by atoms with van der Waals surface area (Å²) in [4.78, 5) is 14.1. The van der Waals surface area contributed by atoms with Crippen LogP contribution in [0.1, 0.15) is 28.0 Å². The molecule has 0 saturated carbocycles. The molecule has 0 bridgehead atoms. The van der Waals surface area contributed by atoms with Gasteiger partial charge in [0.1, 0.15) is 9.39 Å². The molecule has 0 aliphatic heterocycles. The van der Waals surface area contributed by atoms with E-state index >= 15 is 0 Å². The number of hydrogen-bond donors (Lipinski definition) is 1. The van der Waals surface area contributed by atoms with Crippen LogP contribution in [0.2, 0.25) is 0 Å². The van der Waals surface area contributed by atoms with Gasteiger partial charge < -0.3 is 5.11 Å². The lowest BCUT2D eigenvalue weighted by Gasteiger charge is -2.07. The number of carbonyl (C=O) groups is 1. The molecule has 0 fully saturated rings. The van der Waals surface area contributed by atoms with E-state index in [-0.39, 0.29) is 20.5 Å². The number of halogens is 3. The van der Waals surface area contributed by atoms with Gasteiger partial charge in [-0.25, -0.2) is 18.6 Å². The third kappa shape index (κ3) is 2.17. The fourth-order valence-electron chi connectivity index (χ4n) is 1.02. The molecular formula is C8H6F2INO2. The Kier molecular flexibility index (Phi) is 3.35. The number of aromatic carboxylic acids is 1. The molecule has 1 rings (SSSR count). The van der Waals surface area contributed by atoms with Gasteiger partial charge in [0.2, 0.25) is 0 Å². The van der Waals surface area contributed by atoms with E-state index in [1.807, 2.05) is 0 Å². The molecule has 0 amide bonds. The summed E-state index contributed by atoms with van der Waals surface area (Å²) in [6.45, 7) is 1.44. The average Bonchev–Trinajstić information content (AvgIpc) is 2.01. The SMILES string of the molecule is Cc1cc(C(=O)O)nc(I)c1C(F)F. The number of carboxylic acids is 1. The van der Waals surface area contributed by atoms with Crippen molar-refractivity contribution >= 4 is 28.6 Å². The highest BCUT2D eigenvalue weighted by Gasteiger charge is 2.18. The maximum Gasteiger partial charge on any atom is 0.354 e. The Morgan fingerprint density at radius 2 is 2.21 bits per heavy atom. The zero-order valence-corrected chi connectivity index (χ0v) is 9.25. The number of aromatic nitrogens is 1. The normalized spacial score (nSPS) is 10.6. The van der Waals surface area contributed by atoms with E-state index < -0.39 is 12.4 Å². The van der Waals surface area contributed by atoms with Crippen LogP contribution in [-0.4, -0.2) is 16.1 Å². The van der Waals surface area contributed by atoms with Crippen molar-refractivity contribution in [3.05, 3.63) is 26.6 Å². The number of aryl methyl sites for hydroxylation is 1. The molecule has 1 heterocycles. The van der Waals surface area contributed by atoms with Crippen LogP contribution in [0.5, 0.6) is 0 Å². The van der Waals surface area contributed by atoms with Crippen LogP contribution in [0.15, 0.2) is 6.07 Å². The quantitative estimate of drug-likeness (QED) is 0.674. The molecule has 0 aliphatic rings. The molecule has 14 heavy (non-hydrogen) atoms. The first kappa shape index (κ1) is 11.3. The molecule has 1 aromatic rings. The van der Waals surface area contributed by atoms with Crippen molar-refractivity contribution in [2.24, 2.45) is 0 Å². The van der Waals surface area contributed by atoms with Gasteiger partial charge in [0.25, 0.3) is 6.43 Å². The van der Waals surface area contributed by atoms with Crippen LogP contribution in [0.25, 0.3) is 0 Å². The summed E-state index contributed by atoms with van der Waals surface area (Å²) in [6, 6.07) is 1.14.